The van der Waals surface area contributed by atoms with Crippen molar-refractivity contribution >= 4 is 26.6 Å². The maximum absolute atomic E-state index is 13.5. The van der Waals surface area contributed by atoms with E-state index in [1.807, 2.05) is 0 Å². The van der Waals surface area contributed by atoms with Gasteiger partial charge < -0.3 is 20.1 Å². The van der Waals surface area contributed by atoms with Gasteiger partial charge >= 0.3 is 6.18 Å². The normalized spacial score (nSPS) is 12.9. The highest BCUT2D eigenvalue weighted by Gasteiger charge is 2.35. The molecule has 12 heteroatoms. The fourth-order valence-electron chi connectivity index (χ4n) is 4.56. The van der Waals surface area contributed by atoms with Crippen molar-refractivity contribution < 1.29 is 36.6 Å². The Bertz CT molecular complexity index is 1620. The van der Waals surface area contributed by atoms with Gasteiger partial charge in [-0.25, -0.2) is 8.42 Å². The van der Waals surface area contributed by atoms with E-state index in [4.69, 9.17) is 0 Å². The van der Waals surface area contributed by atoms with Crippen LogP contribution in [0.15, 0.2) is 71.8 Å². The van der Waals surface area contributed by atoms with Crippen LogP contribution in [0.1, 0.15) is 45.8 Å². The smallest absolute Gasteiger partial charge is 0.395 e. The predicted molar refractivity (Wildman–Crippen MR) is 143 cm³/mol. The van der Waals surface area contributed by atoms with E-state index >= 15 is 0 Å². The van der Waals surface area contributed by atoms with Crippen LogP contribution < -0.4 is 5.32 Å². The van der Waals surface area contributed by atoms with E-state index in [2.05, 4.69) is 10.3 Å². The van der Waals surface area contributed by atoms with Crippen molar-refractivity contribution in [2.75, 3.05) is 19.0 Å². The lowest BCUT2D eigenvalue weighted by atomic mass is 10.1. The molecule has 8 nitrogen and oxygen atoms in total. The Morgan fingerprint density at radius 3 is 2.42 bits per heavy atom. The number of aromatic nitrogens is 2. The first-order valence-corrected chi connectivity index (χ1v) is 14.1. The molecule has 1 atom stereocenters. The number of carbonyl (C=O) groups excluding carboxylic acids is 1. The van der Waals surface area contributed by atoms with E-state index in [9.17, 15) is 36.6 Å². The van der Waals surface area contributed by atoms with E-state index < -0.39 is 40.3 Å². The number of alkyl halides is 3. The molecule has 40 heavy (non-hydrogen) atoms. The Hall–Kier alpha value is -3.74. The minimum Gasteiger partial charge on any atom is -0.395 e. The number of carbonyl (C=O) groups is 1. The average Bonchev–Trinajstić information content (AvgIpc) is 3.27. The van der Waals surface area contributed by atoms with Gasteiger partial charge in [0.25, 0.3) is 5.91 Å². The van der Waals surface area contributed by atoms with Gasteiger partial charge in [0.1, 0.15) is 5.69 Å². The molecule has 3 N–H and O–H groups in total. The first-order valence-electron chi connectivity index (χ1n) is 12.5. The van der Waals surface area contributed by atoms with E-state index in [0.29, 0.717) is 22.2 Å². The molecular weight excluding hydrogens is 547 g/mol. The SMILES string of the molecule is CCS(=O)(=O)c1ccc(C(CO)NC(=O)c2ccc3c(c2)cc(Cc2cccnc2C(F)(F)F)n3CCO)cc1. The lowest BCUT2D eigenvalue weighted by Crippen LogP contribution is -2.30. The fourth-order valence-corrected chi connectivity index (χ4v) is 5.45. The van der Waals surface area contributed by atoms with E-state index in [1.165, 1.54) is 43.3 Å². The third kappa shape index (κ3) is 6.19. The summed E-state index contributed by atoms with van der Waals surface area (Å²) in [6, 6.07) is 14.3. The molecule has 0 saturated heterocycles. The Morgan fingerprint density at radius 2 is 1.80 bits per heavy atom. The summed E-state index contributed by atoms with van der Waals surface area (Å²) in [5, 5.41) is 22.8. The largest absolute Gasteiger partial charge is 0.433 e. The molecule has 0 spiro atoms. The molecule has 0 fully saturated rings. The van der Waals surface area contributed by atoms with Crippen molar-refractivity contribution in [3.05, 3.63) is 94.9 Å². The summed E-state index contributed by atoms with van der Waals surface area (Å²) in [5.74, 6) is -0.558. The van der Waals surface area contributed by atoms with Crippen LogP contribution in [-0.4, -0.2) is 53.1 Å². The molecule has 1 amide bonds. The van der Waals surface area contributed by atoms with E-state index in [-0.39, 0.29) is 41.3 Å². The number of sulfone groups is 1. The summed E-state index contributed by atoms with van der Waals surface area (Å²) in [6.07, 6.45) is -3.62. The van der Waals surface area contributed by atoms with Gasteiger partial charge in [-0.15, -0.1) is 0 Å². The molecule has 0 aliphatic heterocycles. The summed E-state index contributed by atoms with van der Waals surface area (Å²) < 4.78 is 66.3. The predicted octanol–water partition coefficient (Wildman–Crippen LogP) is 3.90. The molecule has 2 heterocycles. The van der Waals surface area contributed by atoms with Gasteiger partial charge in [-0.3, -0.25) is 9.78 Å². The molecule has 0 radical (unpaired) electrons. The van der Waals surface area contributed by atoms with Crippen molar-refractivity contribution in [1.29, 1.82) is 0 Å². The summed E-state index contributed by atoms with van der Waals surface area (Å²) in [4.78, 5) is 16.7. The van der Waals surface area contributed by atoms with Crippen LogP contribution in [0.2, 0.25) is 0 Å². The summed E-state index contributed by atoms with van der Waals surface area (Å²) in [7, 11) is -3.40. The lowest BCUT2D eigenvalue weighted by molar-refractivity contribution is -0.141. The van der Waals surface area contributed by atoms with Crippen LogP contribution in [0, 0.1) is 0 Å². The summed E-state index contributed by atoms with van der Waals surface area (Å²) in [5.41, 5.74) is 0.909. The number of nitrogens with zero attached hydrogens (tertiary/aromatic N) is 2. The zero-order valence-corrected chi connectivity index (χ0v) is 22.3. The Morgan fingerprint density at radius 1 is 1.07 bits per heavy atom. The number of halogens is 3. The molecule has 4 rings (SSSR count). The molecular formula is C28H28F3N3O5S. The zero-order chi connectivity index (χ0) is 29.1. The van der Waals surface area contributed by atoms with Gasteiger partial charge in [-0.2, -0.15) is 13.2 Å². The van der Waals surface area contributed by atoms with Crippen LogP contribution in [0.4, 0.5) is 13.2 Å². The maximum Gasteiger partial charge on any atom is 0.433 e. The molecule has 0 saturated carbocycles. The van der Waals surface area contributed by atoms with Crippen molar-refractivity contribution in [2.45, 2.75) is 37.0 Å². The Balaban J connectivity index is 1.61. The number of hydrogen-bond donors (Lipinski definition) is 3. The molecule has 212 valence electrons. The molecule has 0 aliphatic rings. The zero-order valence-electron chi connectivity index (χ0n) is 21.5. The van der Waals surface area contributed by atoms with Crippen LogP contribution in [0.5, 0.6) is 0 Å². The average molecular weight is 576 g/mol. The first kappa shape index (κ1) is 29.2. The number of hydrogen-bond acceptors (Lipinski definition) is 6. The van der Waals surface area contributed by atoms with Gasteiger partial charge in [0.2, 0.25) is 0 Å². The number of benzene rings is 2. The topological polar surface area (TPSA) is 122 Å². The molecule has 2 aromatic heterocycles. The van der Waals surface area contributed by atoms with Crippen LogP contribution in [0.3, 0.4) is 0 Å². The molecule has 0 aliphatic carbocycles. The summed E-state index contributed by atoms with van der Waals surface area (Å²) >= 11 is 0. The van der Waals surface area contributed by atoms with Gasteiger partial charge in [0, 0.05) is 41.3 Å². The van der Waals surface area contributed by atoms with E-state index in [0.717, 1.165) is 6.20 Å². The number of amides is 1. The molecule has 1 unspecified atom stereocenters. The maximum atomic E-state index is 13.5. The van der Waals surface area contributed by atoms with Crippen molar-refractivity contribution in [1.82, 2.24) is 14.9 Å². The van der Waals surface area contributed by atoms with Crippen LogP contribution in [0.25, 0.3) is 10.9 Å². The van der Waals surface area contributed by atoms with Gasteiger partial charge in [-0.05, 0) is 53.6 Å². The fraction of sp³-hybridized carbons (Fsp3) is 0.286. The van der Waals surface area contributed by atoms with Crippen LogP contribution in [-0.2, 0) is 29.0 Å². The highest BCUT2D eigenvalue weighted by atomic mass is 32.2. The number of aliphatic hydroxyl groups is 2. The summed E-state index contributed by atoms with van der Waals surface area (Å²) in [6.45, 7) is 1.00. The molecule has 2 aromatic carbocycles. The first-order chi connectivity index (χ1) is 19.0. The second-order valence-corrected chi connectivity index (χ2v) is 11.4. The minimum atomic E-state index is -4.62. The number of rotatable bonds is 10. The monoisotopic (exact) mass is 575 g/mol. The minimum absolute atomic E-state index is 0.0153. The second kappa shape index (κ2) is 11.8. The van der Waals surface area contributed by atoms with Crippen molar-refractivity contribution in [3.63, 3.8) is 0 Å². The van der Waals surface area contributed by atoms with Crippen molar-refractivity contribution in [2.24, 2.45) is 0 Å². The Labute approximate surface area is 229 Å². The highest BCUT2D eigenvalue weighted by Crippen LogP contribution is 2.32. The quantitative estimate of drug-likeness (QED) is 0.264. The molecule has 4 aromatic rings. The number of fused-ring (bicyclic) bond motifs is 1. The number of nitrogens with one attached hydrogen (secondary N) is 1. The van der Waals surface area contributed by atoms with E-state index in [1.54, 1.807) is 28.8 Å². The Kier molecular flexibility index (Phi) is 8.62. The third-order valence-corrected chi connectivity index (χ3v) is 8.36. The van der Waals surface area contributed by atoms with Gasteiger partial charge in [0.05, 0.1) is 29.9 Å². The number of pyridine rings is 1. The third-order valence-electron chi connectivity index (χ3n) is 6.61. The van der Waals surface area contributed by atoms with Gasteiger partial charge in [0.15, 0.2) is 9.84 Å². The molecule has 0 bridgehead atoms. The van der Waals surface area contributed by atoms with Crippen molar-refractivity contribution in [3.8, 4) is 0 Å². The van der Waals surface area contributed by atoms with Gasteiger partial charge in [-0.1, -0.05) is 25.1 Å². The standard InChI is InChI=1S/C28H28F3N3O5S/c1-2-40(38,39)23-8-5-18(6-9-23)24(17-36)33-27(37)20-7-10-25-21(14-20)16-22(34(25)12-13-35)15-19-4-3-11-32-26(19)28(29,30)31/h3-11,14,16,24,35-36H,2,12-13,15,17H2,1H3,(H,33,37). The van der Waals surface area contributed by atoms with Crippen LogP contribution >= 0.6 is 0 Å². The number of aliphatic hydroxyl groups excluding tert-OH is 2. The lowest BCUT2D eigenvalue weighted by Gasteiger charge is -2.17. The second-order valence-electron chi connectivity index (χ2n) is 9.15. The highest BCUT2D eigenvalue weighted by molar-refractivity contribution is 7.91.